The van der Waals surface area contributed by atoms with E-state index in [1.165, 1.54) is 11.1 Å². The predicted molar refractivity (Wildman–Crippen MR) is 154 cm³/mol. The molecule has 1 N–H and O–H groups in total. The molecule has 0 aliphatic carbocycles. The van der Waals surface area contributed by atoms with Crippen molar-refractivity contribution < 1.29 is 37.4 Å². The number of hydrogen-bond donors (Lipinski definition) is 1. The number of pyridine rings is 1. The molecule has 3 heterocycles. The van der Waals surface area contributed by atoms with Crippen LogP contribution in [0.5, 0.6) is 5.75 Å². The largest absolute Gasteiger partial charge is 0.493 e. The molecule has 2 amide bonds. The quantitative estimate of drug-likeness (QED) is 0.314. The van der Waals surface area contributed by atoms with Crippen LogP contribution in [0.1, 0.15) is 79.9 Å². The SMILES string of the molecule is CCCC1C(C(=O)N2CC=C(c3ccccc3OCCCCC(=O)O)CC2)CCCN1C(=O)c1ncccc1C(F)(F)F. The van der Waals surface area contributed by atoms with Gasteiger partial charge in [0.25, 0.3) is 5.91 Å². The topological polar surface area (TPSA) is 100 Å². The van der Waals surface area contributed by atoms with Crippen LogP contribution in [-0.4, -0.2) is 70.0 Å². The molecular formula is C32H38F3N3O5. The van der Waals surface area contributed by atoms with Crippen molar-refractivity contribution in [2.45, 2.75) is 70.5 Å². The number of para-hydroxylation sites is 1. The number of carbonyl (C=O) groups is 3. The maximum atomic E-state index is 13.8. The second-order valence-corrected chi connectivity index (χ2v) is 11.0. The molecule has 4 rings (SSSR count). The highest BCUT2D eigenvalue weighted by atomic mass is 19.4. The summed E-state index contributed by atoms with van der Waals surface area (Å²) in [5, 5.41) is 8.82. The van der Waals surface area contributed by atoms with E-state index in [0.29, 0.717) is 70.4 Å². The molecule has 1 aromatic heterocycles. The summed E-state index contributed by atoms with van der Waals surface area (Å²) in [6.45, 7) is 3.46. The van der Waals surface area contributed by atoms with Gasteiger partial charge in [-0.1, -0.05) is 37.6 Å². The molecule has 0 spiro atoms. The lowest BCUT2D eigenvalue weighted by molar-refractivity contribution is -0.140. The van der Waals surface area contributed by atoms with E-state index in [-0.39, 0.29) is 18.9 Å². The standard InChI is InChI=1S/C32H38F3N3O5/c1-2-9-26-24(11-8-18-38(26)31(42)29-25(32(33,34)35)12-7-17-36-29)30(41)37-19-15-22(16-20-37)23-10-3-4-13-27(23)43-21-6-5-14-28(39)40/h3-4,7,10,12-13,15,17,24,26H,2,5-6,8-9,11,14,16,18-21H2,1H3,(H,39,40). The van der Waals surface area contributed by atoms with Gasteiger partial charge in [0.05, 0.1) is 18.1 Å². The van der Waals surface area contributed by atoms with E-state index < -0.39 is 41.3 Å². The minimum atomic E-state index is -4.72. The van der Waals surface area contributed by atoms with Crippen molar-refractivity contribution in [1.82, 2.24) is 14.8 Å². The second-order valence-electron chi connectivity index (χ2n) is 11.0. The fourth-order valence-electron chi connectivity index (χ4n) is 5.96. The number of unbranched alkanes of at least 4 members (excludes halogenated alkanes) is 1. The number of nitrogens with zero attached hydrogens (tertiary/aromatic N) is 3. The predicted octanol–water partition coefficient (Wildman–Crippen LogP) is 6.07. The van der Waals surface area contributed by atoms with Crippen molar-refractivity contribution in [2.75, 3.05) is 26.2 Å². The summed E-state index contributed by atoms with van der Waals surface area (Å²) in [5.41, 5.74) is 0.284. The Hall–Kier alpha value is -3.89. The van der Waals surface area contributed by atoms with E-state index >= 15 is 0 Å². The molecule has 11 heteroatoms. The van der Waals surface area contributed by atoms with Crippen molar-refractivity contribution in [2.24, 2.45) is 5.92 Å². The van der Waals surface area contributed by atoms with Gasteiger partial charge in [-0.05, 0) is 62.3 Å². The molecule has 2 atom stereocenters. The Labute approximate surface area is 249 Å². The van der Waals surface area contributed by atoms with Crippen LogP contribution in [0.3, 0.4) is 0 Å². The number of likely N-dealkylation sites (tertiary alicyclic amines) is 1. The Bertz CT molecular complexity index is 1330. The molecule has 8 nitrogen and oxygen atoms in total. The lowest BCUT2D eigenvalue weighted by atomic mass is 9.84. The van der Waals surface area contributed by atoms with Gasteiger partial charge in [-0.3, -0.25) is 19.4 Å². The van der Waals surface area contributed by atoms with Crippen LogP contribution >= 0.6 is 0 Å². The van der Waals surface area contributed by atoms with Crippen molar-refractivity contribution in [3.8, 4) is 5.75 Å². The van der Waals surface area contributed by atoms with E-state index in [9.17, 15) is 27.6 Å². The van der Waals surface area contributed by atoms with Crippen molar-refractivity contribution in [1.29, 1.82) is 0 Å². The summed E-state index contributed by atoms with van der Waals surface area (Å²) in [4.78, 5) is 45.0. The van der Waals surface area contributed by atoms with E-state index in [2.05, 4.69) is 4.98 Å². The van der Waals surface area contributed by atoms with Gasteiger partial charge in [0.1, 0.15) is 11.4 Å². The van der Waals surface area contributed by atoms with Crippen LogP contribution in [0.15, 0.2) is 48.7 Å². The summed E-state index contributed by atoms with van der Waals surface area (Å²) in [5.74, 6) is -1.51. The third-order valence-corrected chi connectivity index (χ3v) is 8.05. The van der Waals surface area contributed by atoms with E-state index in [1.54, 1.807) is 4.90 Å². The highest BCUT2D eigenvalue weighted by Crippen LogP contribution is 2.36. The summed E-state index contributed by atoms with van der Waals surface area (Å²) in [7, 11) is 0. The Morgan fingerprint density at radius 3 is 2.58 bits per heavy atom. The van der Waals surface area contributed by atoms with Gasteiger partial charge in [-0.25, -0.2) is 0 Å². The van der Waals surface area contributed by atoms with Crippen LogP contribution in [0.2, 0.25) is 0 Å². The average molecular weight is 602 g/mol. The van der Waals surface area contributed by atoms with Crippen molar-refractivity contribution in [3.63, 3.8) is 0 Å². The summed E-state index contributed by atoms with van der Waals surface area (Å²) < 4.78 is 46.9. The lowest BCUT2D eigenvalue weighted by Gasteiger charge is -2.43. The minimum absolute atomic E-state index is 0.0914. The molecule has 1 aromatic carbocycles. The Balaban J connectivity index is 1.46. The maximum Gasteiger partial charge on any atom is 0.418 e. The number of ether oxygens (including phenoxy) is 1. The summed E-state index contributed by atoms with van der Waals surface area (Å²) in [6.07, 6.45) is 2.58. The minimum Gasteiger partial charge on any atom is -0.493 e. The molecule has 2 aliphatic rings. The van der Waals surface area contributed by atoms with E-state index in [4.69, 9.17) is 9.84 Å². The number of carbonyl (C=O) groups excluding carboxylic acids is 2. The summed E-state index contributed by atoms with van der Waals surface area (Å²) >= 11 is 0. The number of hydrogen-bond acceptors (Lipinski definition) is 5. The number of alkyl halides is 3. The first-order valence-corrected chi connectivity index (χ1v) is 14.9. The summed E-state index contributed by atoms with van der Waals surface area (Å²) in [6, 6.07) is 9.15. The van der Waals surface area contributed by atoms with E-state index in [1.807, 2.05) is 37.3 Å². The number of aliphatic carboxylic acids is 1. The number of carboxylic acid groups (broad SMARTS) is 1. The molecule has 1 fully saturated rings. The van der Waals surface area contributed by atoms with Gasteiger partial charge in [0.15, 0.2) is 0 Å². The number of aromatic nitrogens is 1. The highest BCUT2D eigenvalue weighted by molar-refractivity contribution is 5.95. The Kier molecular flexibility index (Phi) is 10.8. The molecule has 2 aromatic rings. The molecule has 0 radical (unpaired) electrons. The van der Waals surface area contributed by atoms with Gasteiger partial charge in [0.2, 0.25) is 5.91 Å². The molecule has 1 saturated heterocycles. The Morgan fingerprint density at radius 1 is 1.09 bits per heavy atom. The van der Waals surface area contributed by atoms with Crippen LogP contribution in [-0.2, 0) is 15.8 Å². The monoisotopic (exact) mass is 601 g/mol. The van der Waals surface area contributed by atoms with Crippen molar-refractivity contribution in [3.05, 3.63) is 65.5 Å². The molecular weight excluding hydrogens is 563 g/mol. The van der Waals surface area contributed by atoms with Gasteiger partial charge in [-0.15, -0.1) is 0 Å². The van der Waals surface area contributed by atoms with Gasteiger partial charge >= 0.3 is 12.1 Å². The number of piperidine rings is 1. The fourth-order valence-corrected chi connectivity index (χ4v) is 5.96. The number of carboxylic acids is 1. The second kappa shape index (κ2) is 14.5. The maximum absolute atomic E-state index is 13.8. The first-order valence-electron chi connectivity index (χ1n) is 14.9. The van der Waals surface area contributed by atoms with Crippen LogP contribution < -0.4 is 4.74 Å². The number of rotatable bonds is 11. The van der Waals surface area contributed by atoms with Crippen LogP contribution in [0, 0.1) is 5.92 Å². The molecule has 43 heavy (non-hydrogen) atoms. The number of amides is 2. The first kappa shape index (κ1) is 32.0. The first-order chi connectivity index (χ1) is 20.6. The zero-order chi connectivity index (χ0) is 31.0. The van der Waals surface area contributed by atoms with Gasteiger partial charge in [0, 0.05) is 43.9 Å². The third kappa shape index (κ3) is 7.94. The number of benzene rings is 1. The van der Waals surface area contributed by atoms with E-state index in [0.717, 1.165) is 23.3 Å². The molecule has 2 unspecified atom stereocenters. The third-order valence-electron chi connectivity index (χ3n) is 8.05. The Morgan fingerprint density at radius 2 is 1.88 bits per heavy atom. The highest BCUT2D eigenvalue weighted by Gasteiger charge is 2.43. The van der Waals surface area contributed by atoms with Gasteiger partial charge < -0.3 is 19.6 Å². The lowest BCUT2D eigenvalue weighted by Crippen LogP contribution is -2.54. The molecule has 0 bridgehead atoms. The smallest absolute Gasteiger partial charge is 0.418 e. The molecule has 232 valence electrons. The average Bonchev–Trinajstić information content (AvgIpc) is 3.00. The molecule has 0 saturated carbocycles. The van der Waals surface area contributed by atoms with Crippen molar-refractivity contribution >= 4 is 23.4 Å². The number of halogens is 3. The molecule has 2 aliphatic heterocycles. The van der Waals surface area contributed by atoms with Gasteiger partial charge in [-0.2, -0.15) is 13.2 Å². The van der Waals surface area contributed by atoms with Crippen LogP contribution in [0.4, 0.5) is 13.2 Å². The zero-order valence-corrected chi connectivity index (χ0v) is 24.3. The fraction of sp³-hybridized carbons (Fsp3) is 0.500. The van der Waals surface area contributed by atoms with Crippen LogP contribution in [0.25, 0.3) is 5.57 Å². The normalized spacial score (nSPS) is 19.1. The zero-order valence-electron chi connectivity index (χ0n) is 24.3.